The number of nitrogens with zero attached hydrogens (tertiary/aromatic N) is 2. The first-order valence-corrected chi connectivity index (χ1v) is 11.2. The van der Waals surface area contributed by atoms with Crippen LogP contribution in [0.3, 0.4) is 0 Å². The highest BCUT2D eigenvalue weighted by Crippen LogP contribution is 2.33. The zero-order valence-corrected chi connectivity index (χ0v) is 19.7. The molecule has 0 amide bonds. The summed E-state index contributed by atoms with van der Waals surface area (Å²) in [7, 11) is 0. The second-order valence-corrected chi connectivity index (χ2v) is 7.58. The van der Waals surface area contributed by atoms with E-state index in [0.717, 1.165) is 17.9 Å². The molecule has 0 aliphatic heterocycles. The summed E-state index contributed by atoms with van der Waals surface area (Å²) in [4.78, 5) is 8.11. The lowest BCUT2D eigenvalue weighted by Gasteiger charge is -2.10. The first-order valence-electron chi connectivity index (χ1n) is 11.2. The zero-order chi connectivity index (χ0) is 26.8. The molecule has 2 aromatic heterocycles. The van der Waals surface area contributed by atoms with Gasteiger partial charge in [-0.05, 0) is 60.7 Å². The molecule has 0 N–H and O–H groups in total. The monoisotopic (exact) mass is 520 g/mol. The third-order valence-electron chi connectivity index (χ3n) is 4.72. The van der Waals surface area contributed by atoms with Crippen molar-refractivity contribution in [3.8, 4) is 34.9 Å². The SMILES string of the molecule is Fc1ccc(Oc2cccc(Oc3cccc(C(F)(F)F)c3)n2)cc1.c1ccc(Oc2ccccn2)cc1. The lowest BCUT2D eigenvalue weighted by molar-refractivity contribution is -0.137. The number of hydrogen-bond donors (Lipinski definition) is 0. The van der Waals surface area contributed by atoms with Crippen molar-refractivity contribution in [1.29, 1.82) is 0 Å². The van der Waals surface area contributed by atoms with Gasteiger partial charge >= 0.3 is 6.18 Å². The molecule has 38 heavy (non-hydrogen) atoms. The summed E-state index contributed by atoms with van der Waals surface area (Å²) in [6.07, 6.45) is -2.75. The fraction of sp³-hybridized carbons (Fsp3) is 0.0345. The quantitative estimate of drug-likeness (QED) is 0.210. The summed E-state index contributed by atoms with van der Waals surface area (Å²) in [5, 5.41) is 0. The van der Waals surface area contributed by atoms with Crippen molar-refractivity contribution in [2.75, 3.05) is 0 Å². The van der Waals surface area contributed by atoms with E-state index in [1.807, 2.05) is 48.5 Å². The number of ether oxygens (including phenoxy) is 3. The van der Waals surface area contributed by atoms with E-state index in [2.05, 4.69) is 9.97 Å². The van der Waals surface area contributed by atoms with Gasteiger partial charge in [0.2, 0.25) is 17.6 Å². The topological polar surface area (TPSA) is 53.5 Å². The van der Waals surface area contributed by atoms with E-state index in [9.17, 15) is 17.6 Å². The maximum atomic E-state index is 12.9. The van der Waals surface area contributed by atoms with Gasteiger partial charge in [-0.15, -0.1) is 0 Å². The van der Waals surface area contributed by atoms with Gasteiger partial charge in [-0.2, -0.15) is 18.2 Å². The molecule has 5 aromatic rings. The molecule has 3 aromatic carbocycles. The van der Waals surface area contributed by atoms with Crippen LogP contribution < -0.4 is 14.2 Å². The Hall–Kier alpha value is -4.92. The molecule has 0 aliphatic carbocycles. The fourth-order valence-electron chi connectivity index (χ4n) is 3.01. The van der Waals surface area contributed by atoms with Gasteiger partial charge in [0.05, 0.1) is 5.56 Å². The summed E-state index contributed by atoms with van der Waals surface area (Å²) < 4.78 is 67.3. The van der Waals surface area contributed by atoms with Crippen LogP contribution in [0.1, 0.15) is 5.56 Å². The van der Waals surface area contributed by atoms with Crippen LogP contribution in [-0.4, -0.2) is 9.97 Å². The molecule has 0 fully saturated rings. The summed E-state index contributed by atoms with van der Waals surface area (Å²) in [6.45, 7) is 0. The van der Waals surface area contributed by atoms with E-state index in [-0.39, 0.29) is 17.5 Å². The van der Waals surface area contributed by atoms with Gasteiger partial charge in [0, 0.05) is 24.4 Å². The van der Waals surface area contributed by atoms with Crippen molar-refractivity contribution < 1.29 is 31.8 Å². The van der Waals surface area contributed by atoms with Gasteiger partial charge in [-0.3, -0.25) is 0 Å². The lowest BCUT2D eigenvalue weighted by Crippen LogP contribution is -2.04. The standard InChI is InChI=1S/C18H11F4NO2.C11H9NO/c19-13-7-9-14(10-8-13)24-16-5-2-6-17(23-16)25-15-4-1-3-12(11-15)18(20,21)22;1-2-6-10(7-3-1)13-11-8-4-5-9-12-11/h1-11H;1-9H. The second kappa shape index (κ2) is 12.4. The van der Waals surface area contributed by atoms with E-state index in [1.165, 1.54) is 42.5 Å². The smallest absolute Gasteiger partial charge is 0.416 e. The number of aromatic nitrogens is 2. The highest BCUT2D eigenvalue weighted by atomic mass is 19.4. The summed E-state index contributed by atoms with van der Waals surface area (Å²) in [5.74, 6) is 1.62. The van der Waals surface area contributed by atoms with E-state index in [1.54, 1.807) is 18.3 Å². The maximum absolute atomic E-state index is 12.9. The van der Waals surface area contributed by atoms with Crippen LogP contribution in [0.15, 0.2) is 121 Å². The van der Waals surface area contributed by atoms with E-state index in [0.29, 0.717) is 11.6 Å². The Morgan fingerprint density at radius 1 is 0.526 bits per heavy atom. The summed E-state index contributed by atoms with van der Waals surface area (Å²) in [5.41, 5.74) is -0.816. The Balaban J connectivity index is 0.000000216. The number of pyridine rings is 2. The molecular formula is C29H20F4N2O3. The van der Waals surface area contributed by atoms with E-state index < -0.39 is 17.6 Å². The fourth-order valence-corrected chi connectivity index (χ4v) is 3.01. The van der Waals surface area contributed by atoms with Gasteiger partial charge in [-0.1, -0.05) is 36.4 Å². The minimum atomic E-state index is -4.46. The van der Waals surface area contributed by atoms with Crippen molar-refractivity contribution in [1.82, 2.24) is 9.97 Å². The Bertz CT molecular complexity index is 1390. The first-order chi connectivity index (χ1) is 18.3. The van der Waals surface area contributed by atoms with Gasteiger partial charge < -0.3 is 14.2 Å². The van der Waals surface area contributed by atoms with Crippen LogP contribution in [0.4, 0.5) is 17.6 Å². The van der Waals surface area contributed by atoms with Crippen LogP contribution in [0.2, 0.25) is 0 Å². The molecule has 0 saturated heterocycles. The van der Waals surface area contributed by atoms with Crippen molar-refractivity contribution in [2.45, 2.75) is 6.18 Å². The summed E-state index contributed by atoms with van der Waals surface area (Å²) >= 11 is 0. The first kappa shape index (κ1) is 26.2. The number of para-hydroxylation sites is 1. The number of benzene rings is 3. The highest BCUT2D eigenvalue weighted by Gasteiger charge is 2.30. The highest BCUT2D eigenvalue weighted by molar-refractivity contribution is 5.34. The lowest BCUT2D eigenvalue weighted by atomic mass is 10.2. The maximum Gasteiger partial charge on any atom is 0.416 e. The largest absolute Gasteiger partial charge is 0.439 e. The molecule has 0 radical (unpaired) electrons. The molecule has 0 saturated carbocycles. The third kappa shape index (κ3) is 8.06. The van der Waals surface area contributed by atoms with Crippen LogP contribution in [0, 0.1) is 5.82 Å². The molecule has 5 nitrogen and oxygen atoms in total. The van der Waals surface area contributed by atoms with Crippen LogP contribution in [0.5, 0.6) is 34.9 Å². The minimum Gasteiger partial charge on any atom is -0.439 e. The number of alkyl halides is 3. The Morgan fingerprint density at radius 3 is 1.74 bits per heavy atom. The normalized spacial score (nSPS) is 10.6. The predicted molar refractivity (Wildman–Crippen MR) is 133 cm³/mol. The van der Waals surface area contributed by atoms with Crippen molar-refractivity contribution in [3.63, 3.8) is 0 Å². The third-order valence-corrected chi connectivity index (χ3v) is 4.72. The van der Waals surface area contributed by atoms with Crippen LogP contribution >= 0.6 is 0 Å². The molecule has 0 bridgehead atoms. The molecule has 0 aliphatic rings. The molecule has 0 spiro atoms. The average Bonchev–Trinajstić information content (AvgIpc) is 2.92. The predicted octanol–water partition coefficient (Wildman–Crippen LogP) is 8.70. The van der Waals surface area contributed by atoms with Crippen LogP contribution in [-0.2, 0) is 6.18 Å². The molecule has 5 rings (SSSR count). The minimum absolute atomic E-state index is 0.00116. The molecule has 2 heterocycles. The molecule has 192 valence electrons. The van der Waals surface area contributed by atoms with Crippen molar-refractivity contribution >= 4 is 0 Å². The van der Waals surface area contributed by atoms with Gasteiger partial charge in [0.1, 0.15) is 23.1 Å². The Morgan fingerprint density at radius 2 is 1.08 bits per heavy atom. The molecule has 0 unspecified atom stereocenters. The number of hydrogen-bond acceptors (Lipinski definition) is 5. The molecule has 9 heteroatoms. The van der Waals surface area contributed by atoms with Crippen molar-refractivity contribution in [2.24, 2.45) is 0 Å². The molecule has 0 atom stereocenters. The Labute approximate surface area is 215 Å². The van der Waals surface area contributed by atoms with E-state index >= 15 is 0 Å². The van der Waals surface area contributed by atoms with Gasteiger partial charge in [0.25, 0.3) is 0 Å². The average molecular weight is 520 g/mol. The van der Waals surface area contributed by atoms with Crippen molar-refractivity contribution in [3.05, 3.63) is 133 Å². The number of halogens is 4. The second-order valence-electron chi connectivity index (χ2n) is 7.58. The number of rotatable bonds is 6. The van der Waals surface area contributed by atoms with Gasteiger partial charge in [-0.25, -0.2) is 9.37 Å². The van der Waals surface area contributed by atoms with Crippen LogP contribution in [0.25, 0.3) is 0 Å². The summed E-state index contributed by atoms with van der Waals surface area (Å²) in [6, 6.07) is 29.6. The zero-order valence-electron chi connectivity index (χ0n) is 19.7. The molecular weight excluding hydrogens is 500 g/mol. The Kier molecular flexibility index (Phi) is 8.50. The van der Waals surface area contributed by atoms with E-state index in [4.69, 9.17) is 14.2 Å². The van der Waals surface area contributed by atoms with Gasteiger partial charge in [0.15, 0.2) is 0 Å².